The van der Waals surface area contributed by atoms with Crippen LogP contribution < -0.4 is 43.0 Å². The number of urea groups is 1. The number of amides is 8. The predicted octanol–water partition coefficient (Wildman–Crippen LogP) is -0.696. The summed E-state index contributed by atoms with van der Waals surface area (Å²) in [5.74, 6) is -15.9. The van der Waals surface area contributed by atoms with E-state index in [2.05, 4.69) is 21.3 Å². The average Bonchev–Trinajstić information content (AvgIpc) is 1.13. The van der Waals surface area contributed by atoms with Crippen LogP contribution in [0.3, 0.4) is 0 Å². The van der Waals surface area contributed by atoms with Crippen LogP contribution in [0.25, 0.3) is 33.4 Å². The van der Waals surface area contributed by atoms with Crippen molar-refractivity contribution in [3.63, 3.8) is 0 Å². The number of hydrogen-bond donors (Lipinski definition) is 15. The van der Waals surface area contributed by atoms with E-state index in [-0.39, 0.29) is 79.9 Å². The number of fused-ring (bicyclic) bond motifs is 2. The third kappa shape index (κ3) is 20.8. The zero-order chi connectivity index (χ0) is 71.6. The lowest BCUT2D eigenvalue weighted by molar-refractivity contribution is -0.150. The van der Waals surface area contributed by atoms with Gasteiger partial charge in [-0.05, 0) is 60.4 Å². The van der Waals surface area contributed by atoms with Crippen LogP contribution in [-0.2, 0) is 84.1 Å². The van der Waals surface area contributed by atoms with Crippen LogP contribution in [0.1, 0.15) is 64.8 Å². The summed E-state index contributed by atoms with van der Waals surface area (Å²) in [6.45, 7) is -1.27. The van der Waals surface area contributed by atoms with E-state index in [0.29, 0.717) is 17.3 Å². The summed E-state index contributed by atoms with van der Waals surface area (Å²) in [6, 6.07) is 7.80. The first kappa shape index (κ1) is 75.6. The van der Waals surface area contributed by atoms with Crippen LogP contribution in [-0.4, -0.2) is 215 Å². The van der Waals surface area contributed by atoms with Crippen molar-refractivity contribution in [2.75, 3.05) is 57.5 Å². The molecule has 1 saturated heterocycles. The molecule has 36 nitrogen and oxygen atoms in total. The maximum absolute atomic E-state index is 13.9. The van der Waals surface area contributed by atoms with E-state index in [9.17, 15) is 109 Å². The lowest BCUT2D eigenvalue weighted by Crippen LogP contribution is -2.54. The maximum Gasteiger partial charge on any atom is 0.374 e. The van der Waals surface area contributed by atoms with Gasteiger partial charge >= 0.3 is 35.9 Å². The summed E-state index contributed by atoms with van der Waals surface area (Å²) in [4.78, 5) is 162. The molecule has 5 atom stereocenters. The Hall–Kier alpha value is -10.5. The Bertz CT molecular complexity index is 4190. The Labute approximate surface area is 552 Å². The molecule has 1 aliphatic carbocycles. The number of carboxylic acids is 5. The number of nitrogen functional groups attached to an aromatic ring is 1. The quantitative estimate of drug-likeness (QED) is 0.00584. The number of rotatable bonds is 37. The number of imide groups is 1. The zero-order valence-electron chi connectivity index (χ0n) is 50.5. The van der Waals surface area contributed by atoms with E-state index < -0.39 is 209 Å². The summed E-state index contributed by atoms with van der Waals surface area (Å²) < 4.78 is 87.1. The summed E-state index contributed by atoms with van der Waals surface area (Å²) in [5, 5.41) is 67.3. The monoisotopic (exact) mass is 1410 g/mol. The number of ketones is 1. The van der Waals surface area contributed by atoms with Gasteiger partial charge in [-0.15, -0.1) is 11.8 Å². The number of likely N-dealkylation sites (tertiary alicyclic amines) is 1. The van der Waals surface area contributed by atoms with Gasteiger partial charge < -0.3 is 77.1 Å². The molecule has 0 radical (unpaired) electrons. The van der Waals surface area contributed by atoms with Gasteiger partial charge in [-0.25, -0.2) is 24.0 Å². The number of benzene rings is 4. The number of carbonyl (C=O) groups excluding carboxylic acids is 8. The predicted molar refractivity (Wildman–Crippen MR) is 332 cm³/mol. The molecular formula is C58H63N9O27S3. The Kier molecular flexibility index (Phi) is 26.3. The molecule has 0 aromatic heterocycles. The van der Waals surface area contributed by atoms with E-state index in [4.69, 9.17) is 30.1 Å². The van der Waals surface area contributed by atoms with Crippen LogP contribution in [0.5, 0.6) is 0 Å². The average molecular weight is 1410 g/mol. The smallest absolute Gasteiger partial charge is 0.374 e. The molecule has 0 saturated carbocycles. The number of aromatic carboxylic acids is 1. The minimum atomic E-state index is -5.33. The summed E-state index contributed by atoms with van der Waals surface area (Å²) >= 11 is 0.656. The number of nitrogens with two attached hydrogens (primary N) is 1. The number of thioether (sulfide) groups is 1. The highest BCUT2D eigenvalue weighted by Gasteiger charge is 2.41. The topological polar surface area (TPSA) is 589 Å². The number of nitrogens with zero attached hydrogens (tertiary/aromatic N) is 1. The second-order valence-electron chi connectivity index (χ2n) is 21.1. The molecule has 3 aliphatic rings. The Morgan fingerprint density at radius 3 is 1.92 bits per heavy atom. The van der Waals surface area contributed by atoms with Crippen LogP contribution >= 0.6 is 11.8 Å². The normalized spacial score (nSPS) is 14.4. The van der Waals surface area contributed by atoms with E-state index in [1.807, 2.05) is 10.6 Å². The number of anilines is 1. The molecule has 3 unspecified atom stereocenters. The fourth-order valence-corrected chi connectivity index (χ4v) is 12.3. The third-order valence-electron chi connectivity index (χ3n) is 14.3. The third-order valence-corrected chi connectivity index (χ3v) is 17.4. The fraction of sp³-hybridized carbons (Fsp3) is 0.345. The maximum atomic E-state index is 13.9. The zero-order valence-corrected chi connectivity index (χ0v) is 52.9. The second-order valence-corrected chi connectivity index (χ2v) is 25.0. The van der Waals surface area contributed by atoms with E-state index in [1.165, 1.54) is 0 Å². The van der Waals surface area contributed by atoms with Crippen molar-refractivity contribution >= 4 is 126 Å². The lowest BCUT2D eigenvalue weighted by Gasteiger charge is -2.23. The number of carboxylic acid groups (broad SMARTS) is 5. The van der Waals surface area contributed by atoms with Crippen LogP contribution in [0.15, 0.2) is 87.0 Å². The van der Waals surface area contributed by atoms with Crippen molar-refractivity contribution in [2.24, 2.45) is 0 Å². The van der Waals surface area contributed by atoms with Gasteiger partial charge in [0, 0.05) is 79.6 Å². The van der Waals surface area contributed by atoms with Gasteiger partial charge in [-0.1, -0.05) is 36.4 Å². The van der Waals surface area contributed by atoms with Crippen molar-refractivity contribution < 1.29 is 128 Å². The Balaban J connectivity index is 0.999. The lowest BCUT2D eigenvalue weighted by atomic mass is 9.89. The van der Waals surface area contributed by atoms with E-state index >= 15 is 0 Å². The first-order valence-electron chi connectivity index (χ1n) is 28.7. The number of aliphatic carboxylic acids is 4. The molecule has 3 aromatic carbocycles. The molecule has 39 heteroatoms. The minimum absolute atomic E-state index is 0.0312. The van der Waals surface area contributed by atoms with Gasteiger partial charge in [-0.2, -0.15) is 16.8 Å². The van der Waals surface area contributed by atoms with Crippen molar-refractivity contribution in [1.29, 1.82) is 5.41 Å². The molecule has 2 heterocycles. The van der Waals surface area contributed by atoms with Crippen LogP contribution in [0.2, 0.25) is 0 Å². The fourth-order valence-electron chi connectivity index (χ4n) is 9.67. The Morgan fingerprint density at radius 1 is 0.680 bits per heavy atom. The van der Waals surface area contributed by atoms with E-state index in [0.717, 1.165) is 47.4 Å². The van der Waals surface area contributed by atoms with Crippen molar-refractivity contribution in [1.82, 2.24) is 36.8 Å². The number of ether oxygens (including phenoxy) is 2. The second kappa shape index (κ2) is 33.8. The molecule has 2 aliphatic heterocycles. The van der Waals surface area contributed by atoms with Gasteiger partial charge in [0.25, 0.3) is 31.9 Å². The van der Waals surface area contributed by atoms with Crippen molar-refractivity contribution in [3.05, 3.63) is 94.8 Å². The molecule has 97 heavy (non-hydrogen) atoms. The largest absolute Gasteiger partial charge is 0.481 e. The molecule has 8 amide bonds. The van der Waals surface area contributed by atoms with Gasteiger partial charge in [0.2, 0.25) is 29.5 Å². The van der Waals surface area contributed by atoms with Gasteiger partial charge in [0.15, 0.2) is 21.1 Å². The number of carbonyl (C=O) groups is 13. The Morgan fingerprint density at radius 2 is 1.31 bits per heavy atom. The molecule has 3 aromatic rings. The number of nitrogens with one attached hydrogen (secondary N) is 7. The highest BCUT2D eigenvalue weighted by molar-refractivity contribution is 8.00. The number of hydrogen-bond acceptors (Lipinski definition) is 23. The highest BCUT2D eigenvalue weighted by Crippen LogP contribution is 2.46. The molecule has 1 fully saturated rings. The van der Waals surface area contributed by atoms with Crippen LogP contribution in [0.4, 0.5) is 10.5 Å². The first-order valence-corrected chi connectivity index (χ1v) is 32.6. The molecule has 0 bridgehead atoms. The van der Waals surface area contributed by atoms with Gasteiger partial charge in [-0.3, -0.25) is 57.8 Å². The molecule has 520 valence electrons. The number of Topliss-reactive ketones (excluding diaryl/α,β-unsaturated/α-hetero) is 1. The standard InChI is InChI=1S/C58H63N9O27S3/c59-34-10-8-31-45(32-9-11-35(60)50(97(89,90)91)48(32)94-47(31)49(34)96(86,87)88)30-7-6-29(25-33(30)54(77)78)51(74)62-17-19-67-43(70)26-40(53(67)76)95-27-39(46(73)57(83)84)64-52(75)38(24-28-4-2-1-3-5-28)63-42(69)16-20-92-22-23-93-21-18-61-41(68)14-12-36(55(79)80)65-58(85)66-37(56(81)82)13-15-44(71)72/h1-11,25,36-40,59H,12-24,26-27,60H2,(H,61,68)(H,62,74)(H,63,69)(H,64,75)(H,71,72)(H,77,78)(H,79,80)(H,81,82)(H,83,84)(H2,65,66,85)(H,86,87,88)(H,89,90,91)/t36-,37-,38?,39?,40?/m1/s1. The first-order chi connectivity index (χ1) is 45.7. The molecular weight excluding hydrogens is 1350 g/mol. The van der Waals surface area contributed by atoms with Gasteiger partial charge in [0.05, 0.1) is 48.3 Å². The van der Waals surface area contributed by atoms with Crippen LogP contribution in [0, 0.1) is 5.41 Å². The minimum Gasteiger partial charge on any atom is -0.481 e. The van der Waals surface area contributed by atoms with Gasteiger partial charge in [0.1, 0.15) is 24.2 Å². The highest BCUT2D eigenvalue weighted by atomic mass is 32.2. The molecule has 16 N–H and O–H groups in total. The van der Waals surface area contributed by atoms with E-state index in [1.54, 1.807) is 30.3 Å². The molecule has 6 rings (SSSR count). The summed E-state index contributed by atoms with van der Waals surface area (Å²) in [5.41, 5.74) is 3.14. The van der Waals surface area contributed by atoms with Crippen molar-refractivity contribution in [2.45, 2.75) is 84.2 Å². The van der Waals surface area contributed by atoms with Crippen molar-refractivity contribution in [3.8, 4) is 22.5 Å². The summed E-state index contributed by atoms with van der Waals surface area (Å²) in [7, 11) is -10.6. The molecule has 0 spiro atoms. The summed E-state index contributed by atoms with van der Waals surface area (Å²) in [6.07, 6.45) is -2.80. The SMILES string of the molecule is N=c1ccc2c(-c3ccc(C(=O)NCCN4C(=O)CC(SCC(NC(=O)C(Cc5ccccc5)NC(=O)CCOCCOCCNC(=O)CC[C@@H](NC(=O)N[C@H](CCC(=O)O)C(=O)O)C(=O)O)C(=O)C(=O)O)C4=O)cc3C(=O)O)c3ccc(N)c(S(=O)(=O)O)c3oc-2c1S(=O)(=O)O.